The highest BCUT2D eigenvalue weighted by molar-refractivity contribution is 5.84. The lowest BCUT2D eigenvalue weighted by molar-refractivity contribution is -0.129. The number of hydrogen-bond donors (Lipinski definition) is 1. The van der Waals surface area contributed by atoms with E-state index in [-0.39, 0.29) is 5.91 Å². The van der Waals surface area contributed by atoms with Gasteiger partial charge >= 0.3 is 0 Å². The van der Waals surface area contributed by atoms with Gasteiger partial charge in [-0.2, -0.15) is 0 Å². The Hall–Kier alpha value is -1.94. The fraction of sp³-hybridized carbons (Fsp3) is 0.412. The largest absolute Gasteiger partial charge is 0.341 e. The quantitative estimate of drug-likeness (QED) is 0.915. The van der Waals surface area contributed by atoms with Crippen LogP contribution in [0.1, 0.15) is 12.5 Å². The van der Waals surface area contributed by atoms with E-state index in [0.29, 0.717) is 5.92 Å². The number of nitrogens with zero attached hydrogens (tertiary/aromatic N) is 2. The third kappa shape index (κ3) is 3.22. The number of fused-ring (bicyclic) bond motifs is 1. The predicted molar refractivity (Wildman–Crippen MR) is 84.1 cm³/mol. The maximum atomic E-state index is 11.6. The van der Waals surface area contributed by atoms with Crippen LogP contribution in [0.3, 0.4) is 0 Å². The van der Waals surface area contributed by atoms with E-state index in [1.165, 1.54) is 16.3 Å². The lowest BCUT2D eigenvalue weighted by Gasteiger charge is -2.23. The van der Waals surface area contributed by atoms with Crippen molar-refractivity contribution in [2.45, 2.75) is 13.3 Å². The van der Waals surface area contributed by atoms with Crippen LogP contribution in [0.2, 0.25) is 0 Å². The molecule has 0 unspecified atom stereocenters. The topological polar surface area (TPSA) is 45.2 Å². The van der Waals surface area contributed by atoms with Gasteiger partial charge in [0.1, 0.15) is 0 Å². The van der Waals surface area contributed by atoms with Gasteiger partial charge in [0.25, 0.3) is 0 Å². The third-order valence-electron chi connectivity index (χ3n) is 4.17. The number of benzene rings is 1. The standard InChI is InChI=1S/C17H21N3O/c1-13(21)20-7-6-18-9-14(12-20)8-16-11-19-10-15-4-2-3-5-17(15)16/h2-5,10-11,14,18H,6-9,12H2,1H3/t14-/m0/s1. The van der Waals surface area contributed by atoms with Crippen molar-refractivity contribution in [3.05, 3.63) is 42.2 Å². The number of rotatable bonds is 2. The average Bonchev–Trinajstić information content (AvgIpc) is 2.73. The number of aromatic nitrogens is 1. The maximum absolute atomic E-state index is 11.6. The molecule has 0 spiro atoms. The molecule has 1 N–H and O–H groups in total. The summed E-state index contributed by atoms with van der Waals surface area (Å²) in [5.74, 6) is 0.601. The van der Waals surface area contributed by atoms with Crippen molar-refractivity contribution in [1.29, 1.82) is 0 Å². The summed E-state index contributed by atoms with van der Waals surface area (Å²) in [6, 6.07) is 8.36. The first-order valence-corrected chi connectivity index (χ1v) is 7.52. The maximum Gasteiger partial charge on any atom is 0.219 e. The third-order valence-corrected chi connectivity index (χ3v) is 4.17. The van der Waals surface area contributed by atoms with Crippen molar-refractivity contribution in [2.24, 2.45) is 5.92 Å². The Kier molecular flexibility index (Phi) is 4.15. The minimum atomic E-state index is 0.166. The van der Waals surface area contributed by atoms with E-state index in [1.54, 1.807) is 6.92 Å². The van der Waals surface area contributed by atoms with Gasteiger partial charge in [-0.3, -0.25) is 9.78 Å². The smallest absolute Gasteiger partial charge is 0.219 e. The molecular formula is C17H21N3O. The van der Waals surface area contributed by atoms with Gasteiger partial charge in [0, 0.05) is 50.9 Å². The van der Waals surface area contributed by atoms with Gasteiger partial charge in [-0.15, -0.1) is 0 Å². The van der Waals surface area contributed by atoms with Crippen molar-refractivity contribution in [2.75, 3.05) is 26.2 Å². The fourth-order valence-electron chi connectivity index (χ4n) is 3.06. The van der Waals surface area contributed by atoms with Gasteiger partial charge in [-0.25, -0.2) is 0 Å². The number of hydrogen-bond acceptors (Lipinski definition) is 3. The lowest BCUT2D eigenvalue weighted by atomic mass is 9.96. The summed E-state index contributed by atoms with van der Waals surface area (Å²) in [7, 11) is 0. The molecule has 0 radical (unpaired) electrons. The van der Waals surface area contributed by atoms with Crippen LogP contribution in [0.25, 0.3) is 10.8 Å². The van der Waals surface area contributed by atoms with Crippen LogP contribution in [-0.2, 0) is 11.2 Å². The number of carbonyl (C=O) groups is 1. The van der Waals surface area contributed by atoms with Gasteiger partial charge in [-0.1, -0.05) is 24.3 Å². The first-order valence-electron chi connectivity index (χ1n) is 7.52. The first kappa shape index (κ1) is 14.0. The summed E-state index contributed by atoms with van der Waals surface area (Å²) in [4.78, 5) is 18.0. The molecule has 1 aliphatic heterocycles. The molecule has 1 fully saturated rings. The van der Waals surface area contributed by atoms with Gasteiger partial charge in [0.2, 0.25) is 5.91 Å². The Morgan fingerprint density at radius 3 is 3.10 bits per heavy atom. The molecule has 3 rings (SSSR count). The Morgan fingerprint density at radius 2 is 2.24 bits per heavy atom. The second-order valence-corrected chi connectivity index (χ2v) is 5.76. The second-order valence-electron chi connectivity index (χ2n) is 5.76. The summed E-state index contributed by atoms with van der Waals surface area (Å²) in [5.41, 5.74) is 1.27. The Morgan fingerprint density at radius 1 is 1.38 bits per heavy atom. The van der Waals surface area contributed by atoms with E-state index in [4.69, 9.17) is 0 Å². The van der Waals surface area contributed by atoms with Crippen LogP contribution in [0.5, 0.6) is 0 Å². The molecule has 1 aliphatic rings. The van der Waals surface area contributed by atoms with Crippen LogP contribution in [0, 0.1) is 5.92 Å². The fourth-order valence-corrected chi connectivity index (χ4v) is 3.06. The Labute approximate surface area is 125 Å². The molecule has 1 aromatic carbocycles. The van der Waals surface area contributed by atoms with Crippen molar-refractivity contribution in [3.8, 4) is 0 Å². The summed E-state index contributed by atoms with van der Waals surface area (Å²) in [6.07, 6.45) is 4.82. The molecular weight excluding hydrogens is 262 g/mol. The van der Waals surface area contributed by atoms with Crippen LogP contribution in [0.15, 0.2) is 36.7 Å². The van der Waals surface area contributed by atoms with E-state index in [2.05, 4.69) is 28.5 Å². The minimum absolute atomic E-state index is 0.166. The molecule has 0 bridgehead atoms. The molecule has 4 nitrogen and oxygen atoms in total. The minimum Gasteiger partial charge on any atom is -0.341 e. The van der Waals surface area contributed by atoms with Crippen LogP contribution >= 0.6 is 0 Å². The summed E-state index contributed by atoms with van der Waals surface area (Å²) >= 11 is 0. The molecule has 2 heterocycles. The molecule has 21 heavy (non-hydrogen) atoms. The van der Waals surface area contributed by atoms with E-state index < -0.39 is 0 Å². The van der Waals surface area contributed by atoms with Crippen molar-refractivity contribution < 1.29 is 4.79 Å². The second kappa shape index (κ2) is 6.22. The number of carbonyl (C=O) groups excluding carboxylic acids is 1. The monoisotopic (exact) mass is 283 g/mol. The van der Waals surface area contributed by atoms with Crippen LogP contribution in [0.4, 0.5) is 0 Å². The zero-order chi connectivity index (χ0) is 14.7. The number of pyridine rings is 1. The SMILES string of the molecule is CC(=O)N1CCNC[C@H](Cc2cncc3ccccc23)C1. The molecule has 1 amide bonds. The molecule has 0 aliphatic carbocycles. The van der Waals surface area contributed by atoms with Crippen molar-refractivity contribution >= 4 is 16.7 Å². The van der Waals surface area contributed by atoms with E-state index in [1.807, 2.05) is 23.4 Å². The van der Waals surface area contributed by atoms with Crippen LogP contribution < -0.4 is 5.32 Å². The van der Waals surface area contributed by atoms with E-state index in [0.717, 1.165) is 32.6 Å². The van der Waals surface area contributed by atoms with Gasteiger partial charge in [0.05, 0.1) is 0 Å². The Bertz CT molecular complexity index is 635. The van der Waals surface area contributed by atoms with Gasteiger partial charge < -0.3 is 10.2 Å². The molecule has 0 saturated carbocycles. The molecule has 2 aromatic rings. The van der Waals surface area contributed by atoms with Gasteiger partial charge in [-0.05, 0) is 23.3 Å². The predicted octanol–water partition coefficient (Wildman–Crippen LogP) is 1.85. The molecule has 1 saturated heterocycles. The first-order chi connectivity index (χ1) is 10.2. The van der Waals surface area contributed by atoms with Crippen LogP contribution in [-0.4, -0.2) is 42.0 Å². The summed E-state index contributed by atoms with van der Waals surface area (Å²) in [5, 5.41) is 5.89. The Balaban J connectivity index is 1.82. The highest BCUT2D eigenvalue weighted by atomic mass is 16.2. The molecule has 1 atom stereocenters. The normalized spacial score (nSPS) is 19.5. The van der Waals surface area contributed by atoms with Gasteiger partial charge in [0.15, 0.2) is 0 Å². The lowest BCUT2D eigenvalue weighted by Crippen LogP contribution is -2.34. The average molecular weight is 283 g/mol. The summed E-state index contributed by atoms with van der Waals surface area (Å²) in [6.45, 7) is 5.11. The van der Waals surface area contributed by atoms with Crippen molar-refractivity contribution in [1.82, 2.24) is 15.2 Å². The summed E-state index contributed by atoms with van der Waals surface area (Å²) < 4.78 is 0. The molecule has 1 aromatic heterocycles. The molecule has 110 valence electrons. The molecule has 4 heteroatoms. The zero-order valence-electron chi connectivity index (χ0n) is 12.4. The van der Waals surface area contributed by atoms with E-state index in [9.17, 15) is 4.79 Å². The highest BCUT2D eigenvalue weighted by Gasteiger charge is 2.20. The van der Waals surface area contributed by atoms with E-state index >= 15 is 0 Å². The number of amides is 1. The zero-order valence-corrected chi connectivity index (χ0v) is 12.4. The van der Waals surface area contributed by atoms with Crippen molar-refractivity contribution in [3.63, 3.8) is 0 Å². The number of nitrogens with one attached hydrogen (secondary N) is 1. The highest BCUT2D eigenvalue weighted by Crippen LogP contribution is 2.21.